The van der Waals surface area contributed by atoms with Gasteiger partial charge >= 0.3 is 12.1 Å². The van der Waals surface area contributed by atoms with Crippen molar-refractivity contribution in [3.8, 4) is 0 Å². The number of esters is 1. The molecule has 0 heterocycles. The van der Waals surface area contributed by atoms with E-state index in [0.717, 1.165) is 12.1 Å². The lowest BCUT2D eigenvalue weighted by atomic mass is 9.99. The molecule has 0 amide bonds. The molecule has 0 saturated heterocycles. The van der Waals surface area contributed by atoms with Crippen molar-refractivity contribution in [3.63, 3.8) is 0 Å². The predicted molar refractivity (Wildman–Crippen MR) is 65.7 cm³/mol. The Morgan fingerprint density at radius 2 is 1.58 bits per heavy atom. The van der Waals surface area contributed by atoms with E-state index in [1.165, 1.54) is 12.1 Å². The van der Waals surface area contributed by atoms with Crippen molar-refractivity contribution < 1.29 is 22.7 Å². The molecule has 0 fully saturated rings. The van der Waals surface area contributed by atoms with Crippen molar-refractivity contribution in [1.29, 1.82) is 0 Å². The summed E-state index contributed by atoms with van der Waals surface area (Å²) in [5.41, 5.74) is -0.841. The van der Waals surface area contributed by atoms with Gasteiger partial charge in [0.2, 0.25) is 0 Å². The number of carbonyl (C=O) groups excluding carboxylic acids is 1. The molecule has 5 heteroatoms. The summed E-state index contributed by atoms with van der Waals surface area (Å²) >= 11 is 0. The molecule has 1 aromatic carbocycles. The third-order valence-electron chi connectivity index (χ3n) is 2.50. The summed E-state index contributed by atoms with van der Waals surface area (Å²) in [5.74, 6) is -1.05. The smallest absolute Gasteiger partial charge is 0.416 e. The van der Waals surface area contributed by atoms with Crippen molar-refractivity contribution in [2.45, 2.75) is 45.4 Å². The molecule has 106 valence electrons. The van der Waals surface area contributed by atoms with Crippen LogP contribution in [0.5, 0.6) is 0 Å². The lowest BCUT2D eigenvalue weighted by molar-refractivity contribution is -0.156. The van der Waals surface area contributed by atoms with Gasteiger partial charge < -0.3 is 4.74 Å². The van der Waals surface area contributed by atoms with Gasteiger partial charge in [-0.05, 0) is 45.4 Å². The molecule has 2 nitrogen and oxygen atoms in total. The maximum absolute atomic E-state index is 12.4. The minimum atomic E-state index is -4.37. The number of carbonyl (C=O) groups is 1. The lowest BCUT2D eigenvalue weighted by Crippen LogP contribution is -2.26. The van der Waals surface area contributed by atoms with Crippen LogP contribution in [0, 0.1) is 0 Å². The number of benzene rings is 1. The molecule has 1 rings (SSSR count). The maximum Gasteiger partial charge on any atom is 0.416 e. The van der Waals surface area contributed by atoms with Gasteiger partial charge in [-0.2, -0.15) is 13.2 Å². The quantitative estimate of drug-likeness (QED) is 0.757. The summed E-state index contributed by atoms with van der Waals surface area (Å²) in [6, 6.07) is 4.54. The molecule has 1 aromatic rings. The van der Waals surface area contributed by atoms with Crippen LogP contribution in [0.4, 0.5) is 13.2 Å². The van der Waals surface area contributed by atoms with Crippen LogP contribution in [0.15, 0.2) is 24.3 Å². The average molecular weight is 274 g/mol. The highest BCUT2D eigenvalue weighted by Gasteiger charge is 2.30. The fourth-order valence-electron chi connectivity index (χ4n) is 1.49. The van der Waals surface area contributed by atoms with Gasteiger partial charge in [-0.1, -0.05) is 12.1 Å². The van der Waals surface area contributed by atoms with Crippen LogP contribution in [0.25, 0.3) is 0 Å². The Hall–Kier alpha value is -1.52. The summed E-state index contributed by atoms with van der Waals surface area (Å²) in [6.45, 7) is 6.83. The molecule has 0 bridgehead atoms. The molecule has 0 unspecified atom stereocenters. The first-order chi connectivity index (χ1) is 8.50. The van der Waals surface area contributed by atoms with Crippen LogP contribution in [0.3, 0.4) is 0 Å². The Kier molecular flexibility index (Phi) is 4.28. The Labute approximate surface area is 110 Å². The molecule has 0 aliphatic rings. The number of rotatable bonds is 2. The number of ether oxygens (including phenoxy) is 1. The summed E-state index contributed by atoms with van der Waals surface area (Å²) < 4.78 is 42.4. The molecular weight excluding hydrogens is 257 g/mol. The minimum absolute atomic E-state index is 0.452. The van der Waals surface area contributed by atoms with Gasteiger partial charge in [0, 0.05) is 0 Å². The van der Waals surface area contributed by atoms with Crippen LogP contribution >= 0.6 is 0 Å². The first-order valence-electron chi connectivity index (χ1n) is 5.91. The molecule has 0 aromatic heterocycles. The van der Waals surface area contributed by atoms with E-state index in [1.54, 1.807) is 27.7 Å². The first-order valence-corrected chi connectivity index (χ1v) is 5.91. The highest BCUT2D eigenvalue weighted by molar-refractivity contribution is 5.78. The summed E-state index contributed by atoms with van der Waals surface area (Å²) in [7, 11) is 0. The van der Waals surface area contributed by atoms with Crippen LogP contribution in [-0.2, 0) is 15.7 Å². The van der Waals surface area contributed by atoms with Crippen LogP contribution in [-0.4, -0.2) is 11.6 Å². The Morgan fingerprint density at radius 1 is 1.11 bits per heavy atom. The SMILES string of the molecule is C[C@H](C(=O)OC(C)(C)C)c1ccc(C(F)(F)F)cc1. The standard InChI is InChI=1S/C14H17F3O2/c1-9(12(18)19-13(2,3)4)10-5-7-11(8-6-10)14(15,16)17/h5-9H,1-4H3/t9-/m0/s1. The van der Waals surface area contributed by atoms with Crippen molar-refractivity contribution in [1.82, 2.24) is 0 Å². The summed E-state index contributed by atoms with van der Waals surface area (Å²) in [4.78, 5) is 11.8. The van der Waals surface area contributed by atoms with Crippen molar-refractivity contribution in [2.75, 3.05) is 0 Å². The van der Waals surface area contributed by atoms with E-state index in [2.05, 4.69) is 0 Å². The van der Waals surface area contributed by atoms with E-state index < -0.39 is 29.2 Å². The van der Waals surface area contributed by atoms with E-state index in [0.29, 0.717) is 5.56 Å². The zero-order valence-electron chi connectivity index (χ0n) is 11.3. The van der Waals surface area contributed by atoms with Gasteiger partial charge in [0.05, 0.1) is 11.5 Å². The molecule has 1 atom stereocenters. The molecule has 0 aliphatic heterocycles. The average Bonchev–Trinajstić information content (AvgIpc) is 2.24. The van der Waals surface area contributed by atoms with Gasteiger partial charge in [-0.15, -0.1) is 0 Å². The molecule has 0 spiro atoms. The number of hydrogen-bond acceptors (Lipinski definition) is 2. The second kappa shape index (κ2) is 5.23. The molecular formula is C14H17F3O2. The van der Waals surface area contributed by atoms with E-state index in [4.69, 9.17) is 4.74 Å². The van der Waals surface area contributed by atoms with E-state index in [1.807, 2.05) is 0 Å². The van der Waals surface area contributed by atoms with Crippen molar-refractivity contribution in [2.24, 2.45) is 0 Å². The predicted octanol–water partition coefficient (Wildman–Crippen LogP) is 4.15. The van der Waals surface area contributed by atoms with Gasteiger partial charge in [-0.3, -0.25) is 4.79 Å². The second-order valence-electron chi connectivity index (χ2n) is 5.37. The summed E-state index contributed by atoms with van der Waals surface area (Å²) in [5, 5.41) is 0. The zero-order chi connectivity index (χ0) is 14.8. The first kappa shape index (κ1) is 15.5. The fourth-order valence-corrected chi connectivity index (χ4v) is 1.49. The van der Waals surface area contributed by atoms with Gasteiger partial charge in [0.1, 0.15) is 5.60 Å². The van der Waals surface area contributed by atoms with E-state index in [-0.39, 0.29) is 0 Å². The van der Waals surface area contributed by atoms with E-state index >= 15 is 0 Å². The monoisotopic (exact) mass is 274 g/mol. The minimum Gasteiger partial charge on any atom is -0.460 e. The summed E-state index contributed by atoms with van der Waals surface area (Å²) in [6.07, 6.45) is -4.37. The number of hydrogen-bond donors (Lipinski definition) is 0. The molecule has 0 radical (unpaired) electrons. The highest BCUT2D eigenvalue weighted by atomic mass is 19.4. The van der Waals surface area contributed by atoms with Crippen molar-refractivity contribution in [3.05, 3.63) is 35.4 Å². The zero-order valence-corrected chi connectivity index (χ0v) is 11.3. The third kappa shape index (κ3) is 4.58. The third-order valence-corrected chi connectivity index (χ3v) is 2.50. The van der Waals surface area contributed by atoms with Crippen LogP contribution < -0.4 is 0 Å². The number of alkyl halides is 3. The molecule has 0 N–H and O–H groups in total. The van der Waals surface area contributed by atoms with Crippen molar-refractivity contribution >= 4 is 5.97 Å². The molecule has 0 saturated carbocycles. The van der Waals surface area contributed by atoms with Crippen LogP contribution in [0.2, 0.25) is 0 Å². The topological polar surface area (TPSA) is 26.3 Å². The Balaban J connectivity index is 2.84. The second-order valence-corrected chi connectivity index (χ2v) is 5.37. The Bertz CT molecular complexity index is 441. The number of halogens is 3. The van der Waals surface area contributed by atoms with E-state index in [9.17, 15) is 18.0 Å². The van der Waals surface area contributed by atoms with Crippen LogP contribution in [0.1, 0.15) is 44.7 Å². The lowest BCUT2D eigenvalue weighted by Gasteiger charge is -2.22. The normalized spacial score (nSPS) is 14.1. The largest absolute Gasteiger partial charge is 0.460 e. The highest BCUT2D eigenvalue weighted by Crippen LogP contribution is 2.30. The van der Waals surface area contributed by atoms with Gasteiger partial charge in [0.15, 0.2) is 0 Å². The van der Waals surface area contributed by atoms with Gasteiger partial charge in [0.25, 0.3) is 0 Å². The fraction of sp³-hybridized carbons (Fsp3) is 0.500. The Morgan fingerprint density at radius 3 is 1.95 bits per heavy atom. The maximum atomic E-state index is 12.4. The molecule has 19 heavy (non-hydrogen) atoms. The molecule has 0 aliphatic carbocycles. The van der Waals surface area contributed by atoms with Gasteiger partial charge in [-0.25, -0.2) is 0 Å².